The molecule has 0 aliphatic rings. The van der Waals surface area contributed by atoms with Crippen LogP contribution in [0, 0.1) is 0 Å². The third-order valence-corrected chi connectivity index (χ3v) is 5.68. The van der Waals surface area contributed by atoms with Crippen molar-refractivity contribution >= 4 is 34.1 Å². The molecule has 3 rings (SSSR count). The molecule has 3 aromatic rings. The number of carbonyl (C=O) groups is 1. The highest BCUT2D eigenvalue weighted by atomic mass is 32.2. The van der Waals surface area contributed by atoms with Crippen LogP contribution in [0.1, 0.15) is 15.9 Å². The van der Waals surface area contributed by atoms with Crippen LogP contribution in [0.3, 0.4) is 0 Å². The lowest BCUT2D eigenvalue weighted by atomic mass is 10.2. The SMILES string of the molecule is COc1cc(CSc2nnc(NC(=O)c3cn(C)nc3OC)s2)cc(OC)c1. The number of nitrogens with one attached hydrogen (secondary N) is 1. The van der Waals surface area contributed by atoms with Crippen LogP contribution in [0.15, 0.2) is 28.7 Å². The maximum Gasteiger partial charge on any atom is 0.264 e. The van der Waals surface area contributed by atoms with E-state index in [9.17, 15) is 4.79 Å². The number of nitrogens with zero attached hydrogens (tertiary/aromatic N) is 4. The van der Waals surface area contributed by atoms with Crippen molar-refractivity contribution in [3.8, 4) is 17.4 Å². The molecule has 0 radical (unpaired) electrons. The van der Waals surface area contributed by atoms with E-state index in [2.05, 4.69) is 20.6 Å². The largest absolute Gasteiger partial charge is 0.497 e. The van der Waals surface area contributed by atoms with Crippen molar-refractivity contribution in [2.24, 2.45) is 7.05 Å². The summed E-state index contributed by atoms with van der Waals surface area (Å²) in [7, 11) is 6.41. The van der Waals surface area contributed by atoms with Crippen molar-refractivity contribution in [3.05, 3.63) is 35.5 Å². The lowest BCUT2D eigenvalue weighted by molar-refractivity contribution is 0.102. The Morgan fingerprint density at radius 1 is 1.14 bits per heavy atom. The normalized spacial score (nSPS) is 10.6. The molecule has 1 amide bonds. The molecule has 0 saturated carbocycles. The lowest BCUT2D eigenvalue weighted by Crippen LogP contribution is -2.12. The molecule has 9 nitrogen and oxygen atoms in total. The Morgan fingerprint density at radius 2 is 1.86 bits per heavy atom. The molecule has 11 heteroatoms. The average molecular weight is 422 g/mol. The minimum Gasteiger partial charge on any atom is -0.497 e. The zero-order chi connectivity index (χ0) is 20.1. The number of hydrogen-bond acceptors (Lipinski definition) is 9. The van der Waals surface area contributed by atoms with Crippen LogP contribution >= 0.6 is 23.1 Å². The fourth-order valence-electron chi connectivity index (χ4n) is 2.35. The van der Waals surface area contributed by atoms with Gasteiger partial charge in [-0.2, -0.15) is 0 Å². The first-order valence-corrected chi connectivity index (χ1v) is 9.89. The topological polar surface area (TPSA) is 100 Å². The number of hydrogen-bond donors (Lipinski definition) is 1. The maximum atomic E-state index is 12.4. The molecule has 1 aromatic carbocycles. The first kappa shape index (κ1) is 20.0. The smallest absolute Gasteiger partial charge is 0.264 e. The summed E-state index contributed by atoms with van der Waals surface area (Å²) in [4.78, 5) is 12.4. The Hall–Kier alpha value is -2.79. The number of aromatic nitrogens is 4. The van der Waals surface area contributed by atoms with Gasteiger partial charge in [0.1, 0.15) is 17.1 Å². The van der Waals surface area contributed by atoms with Gasteiger partial charge < -0.3 is 14.2 Å². The lowest BCUT2D eigenvalue weighted by Gasteiger charge is -2.07. The highest BCUT2D eigenvalue weighted by Crippen LogP contribution is 2.31. The van der Waals surface area contributed by atoms with Crippen molar-refractivity contribution in [2.75, 3.05) is 26.6 Å². The van der Waals surface area contributed by atoms with E-state index >= 15 is 0 Å². The van der Waals surface area contributed by atoms with Gasteiger partial charge in [-0.25, -0.2) is 0 Å². The minimum absolute atomic E-state index is 0.256. The van der Waals surface area contributed by atoms with E-state index in [1.165, 1.54) is 34.9 Å². The van der Waals surface area contributed by atoms with E-state index < -0.39 is 0 Å². The predicted octanol–water partition coefficient (Wildman–Crippen LogP) is 2.84. The molecule has 2 aromatic heterocycles. The van der Waals surface area contributed by atoms with Crippen LogP contribution < -0.4 is 19.5 Å². The summed E-state index contributed by atoms with van der Waals surface area (Å²) in [6, 6.07) is 5.70. The second-order valence-electron chi connectivity index (χ2n) is 5.56. The average Bonchev–Trinajstić information content (AvgIpc) is 3.31. The van der Waals surface area contributed by atoms with Gasteiger partial charge in [0.2, 0.25) is 11.0 Å². The molecular weight excluding hydrogens is 402 g/mol. The van der Waals surface area contributed by atoms with E-state index in [4.69, 9.17) is 14.2 Å². The second-order valence-corrected chi connectivity index (χ2v) is 7.76. The van der Waals surface area contributed by atoms with Gasteiger partial charge in [0.05, 0.1) is 21.3 Å². The molecule has 0 aliphatic carbocycles. The van der Waals surface area contributed by atoms with Crippen LogP contribution in [0.2, 0.25) is 0 Å². The molecule has 0 unspecified atom stereocenters. The standard InChI is InChI=1S/C17H19N5O4S2/c1-22-8-13(15(21-22)26-4)14(23)18-16-19-20-17(28-16)27-9-10-5-11(24-2)7-12(6-10)25-3/h5-8H,9H2,1-4H3,(H,18,19,23). The number of thioether (sulfide) groups is 1. The van der Waals surface area contributed by atoms with Crippen molar-refractivity contribution in [1.82, 2.24) is 20.0 Å². The maximum absolute atomic E-state index is 12.4. The van der Waals surface area contributed by atoms with E-state index in [-0.39, 0.29) is 11.8 Å². The molecule has 1 N–H and O–H groups in total. The first-order chi connectivity index (χ1) is 13.5. The summed E-state index contributed by atoms with van der Waals surface area (Å²) in [6.45, 7) is 0. The van der Waals surface area contributed by atoms with E-state index in [0.717, 1.165) is 21.4 Å². The van der Waals surface area contributed by atoms with Crippen LogP contribution in [0.4, 0.5) is 5.13 Å². The fraction of sp³-hybridized carbons (Fsp3) is 0.294. The van der Waals surface area contributed by atoms with Gasteiger partial charge in [0.25, 0.3) is 5.91 Å². The monoisotopic (exact) mass is 421 g/mol. The Labute approximate surface area is 170 Å². The number of methoxy groups -OCH3 is 3. The number of amides is 1. The molecule has 0 spiro atoms. The molecule has 0 bridgehead atoms. The van der Waals surface area contributed by atoms with E-state index in [1.54, 1.807) is 27.5 Å². The third kappa shape index (κ3) is 4.73. The Morgan fingerprint density at radius 3 is 2.50 bits per heavy atom. The molecule has 0 saturated heterocycles. The summed E-state index contributed by atoms with van der Waals surface area (Å²) in [5.74, 6) is 2.02. The van der Waals surface area contributed by atoms with Gasteiger partial charge in [-0.05, 0) is 17.7 Å². The Bertz CT molecular complexity index is 950. The summed E-state index contributed by atoms with van der Waals surface area (Å²) in [6.07, 6.45) is 1.58. The molecular formula is C17H19N5O4S2. The van der Waals surface area contributed by atoms with Crippen molar-refractivity contribution < 1.29 is 19.0 Å². The fourth-order valence-corrected chi connectivity index (χ4v) is 4.03. The van der Waals surface area contributed by atoms with Crippen molar-refractivity contribution in [2.45, 2.75) is 10.1 Å². The van der Waals surface area contributed by atoms with E-state index in [0.29, 0.717) is 16.4 Å². The Balaban J connectivity index is 1.63. The van der Waals surface area contributed by atoms with Gasteiger partial charge in [0.15, 0.2) is 4.34 Å². The highest BCUT2D eigenvalue weighted by Gasteiger charge is 2.18. The molecule has 148 valence electrons. The summed E-state index contributed by atoms with van der Waals surface area (Å²) >= 11 is 2.80. The first-order valence-electron chi connectivity index (χ1n) is 8.09. The summed E-state index contributed by atoms with van der Waals surface area (Å²) in [5, 5.41) is 15.3. The van der Waals surface area contributed by atoms with Gasteiger partial charge in [-0.1, -0.05) is 23.1 Å². The van der Waals surface area contributed by atoms with Gasteiger partial charge in [-0.3, -0.25) is 14.8 Å². The minimum atomic E-state index is -0.352. The molecule has 0 fully saturated rings. The molecule has 0 aliphatic heterocycles. The molecule has 0 atom stereocenters. The predicted molar refractivity (Wildman–Crippen MR) is 107 cm³/mol. The Kier molecular flexibility index (Phi) is 6.37. The molecule has 2 heterocycles. The quantitative estimate of drug-likeness (QED) is 0.438. The number of benzene rings is 1. The number of carbonyl (C=O) groups excluding carboxylic acids is 1. The second kappa shape index (κ2) is 8.93. The van der Waals surface area contributed by atoms with Gasteiger partial charge in [-0.15, -0.1) is 15.3 Å². The highest BCUT2D eigenvalue weighted by molar-refractivity contribution is 8.00. The summed E-state index contributed by atoms with van der Waals surface area (Å²) in [5.41, 5.74) is 1.36. The van der Waals surface area contributed by atoms with Crippen LogP contribution in [0.5, 0.6) is 17.4 Å². The number of aryl methyl sites for hydroxylation is 1. The van der Waals surface area contributed by atoms with Crippen molar-refractivity contribution in [1.29, 1.82) is 0 Å². The van der Waals surface area contributed by atoms with Crippen LogP contribution in [0.25, 0.3) is 0 Å². The van der Waals surface area contributed by atoms with E-state index in [1.807, 2.05) is 18.2 Å². The number of ether oxygens (including phenoxy) is 3. The van der Waals surface area contributed by atoms with Crippen LogP contribution in [-0.4, -0.2) is 47.2 Å². The van der Waals surface area contributed by atoms with Crippen LogP contribution in [-0.2, 0) is 12.8 Å². The molecule has 28 heavy (non-hydrogen) atoms. The van der Waals surface area contributed by atoms with Gasteiger partial charge in [0, 0.05) is 25.1 Å². The zero-order valence-corrected chi connectivity index (χ0v) is 17.4. The number of rotatable bonds is 8. The van der Waals surface area contributed by atoms with Crippen molar-refractivity contribution in [3.63, 3.8) is 0 Å². The third-order valence-electron chi connectivity index (χ3n) is 3.63. The summed E-state index contributed by atoms with van der Waals surface area (Å²) < 4.78 is 17.9. The van der Waals surface area contributed by atoms with Gasteiger partial charge >= 0.3 is 0 Å². The number of anilines is 1. The zero-order valence-electron chi connectivity index (χ0n) is 15.8.